The smallest absolute Gasteiger partial charge is 0.238 e. The Kier molecular flexibility index (Phi) is 3.50. The van der Waals surface area contributed by atoms with Gasteiger partial charge in [0, 0.05) is 23.9 Å². The fourth-order valence-corrected chi connectivity index (χ4v) is 4.84. The zero-order valence-corrected chi connectivity index (χ0v) is 14.1. The molecule has 0 radical (unpaired) electrons. The van der Waals surface area contributed by atoms with Gasteiger partial charge in [-0.1, -0.05) is 50.6 Å². The molecule has 2 saturated carbocycles. The van der Waals surface area contributed by atoms with Crippen molar-refractivity contribution < 1.29 is 4.79 Å². The third kappa shape index (κ3) is 2.39. The molecule has 1 aliphatic heterocycles. The molecule has 3 fully saturated rings. The monoisotopic (exact) mass is 313 g/mol. The molecule has 4 nitrogen and oxygen atoms in total. The van der Waals surface area contributed by atoms with Crippen LogP contribution in [-0.2, 0) is 10.2 Å². The van der Waals surface area contributed by atoms with Crippen LogP contribution in [0.25, 0.3) is 0 Å². The summed E-state index contributed by atoms with van der Waals surface area (Å²) in [6, 6.07) is 11.0. The lowest BCUT2D eigenvalue weighted by atomic mass is 9.87. The first-order valence-corrected chi connectivity index (χ1v) is 8.88. The second-order valence-corrected chi connectivity index (χ2v) is 8.19. The molecule has 1 aromatic rings. The molecule has 3 aliphatic rings. The van der Waals surface area contributed by atoms with Crippen molar-refractivity contribution >= 4 is 5.91 Å². The summed E-state index contributed by atoms with van der Waals surface area (Å²) in [6.45, 7) is 5.33. The molecule has 0 aromatic heterocycles. The number of nitrogens with one attached hydrogen (secondary N) is 3. The van der Waals surface area contributed by atoms with Gasteiger partial charge in [0.25, 0.3) is 0 Å². The third-order valence-electron chi connectivity index (χ3n) is 6.51. The first-order chi connectivity index (χ1) is 11.0. The predicted octanol–water partition coefficient (Wildman–Crippen LogP) is 2.12. The Labute approximate surface area is 138 Å². The van der Waals surface area contributed by atoms with Gasteiger partial charge in [0.05, 0.1) is 0 Å². The molecule has 124 valence electrons. The summed E-state index contributed by atoms with van der Waals surface area (Å²) in [5.74, 6) is 0.611. The van der Waals surface area contributed by atoms with Crippen molar-refractivity contribution in [1.29, 1.82) is 0 Å². The number of hydrazine groups is 1. The van der Waals surface area contributed by atoms with Gasteiger partial charge >= 0.3 is 0 Å². The van der Waals surface area contributed by atoms with Crippen LogP contribution in [0.3, 0.4) is 0 Å². The standard InChI is InChI=1S/C19H27N3O/c1-18(2)11-19(18,13-7-4-3-5-8-13)12-20-17(23)16-14-9-6-10-15(14)21-22-16/h3-5,7-8,14-16,21-22H,6,9-12H2,1-2H3,(H,20,23). The van der Waals surface area contributed by atoms with Crippen LogP contribution in [-0.4, -0.2) is 24.5 Å². The van der Waals surface area contributed by atoms with Crippen LogP contribution in [0.4, 0.5) is 0 Å². The molecule has 1 heterocycles. The summed E-state index contributed by atoms with van der Waals surface area (Å²) in [6.07, 6.45) is 4.70. The van der Waals surface area contributed by atoms with Gasteiger partial charge in [-0.3, -0.25) is 10.2 Å². The summed E-state index contributed by atoms with van der Waals surface area (Å²) >= 11 is 0. The molecule has 2 aliphatic carbocycles. The summed E-state index contributed by atoms with van der Waals surface area (Å²) in [5.41, 5.74) is 8.20. The number of fused-ring (bicyclic) bond motifs is 1. The van der Waals surface area contributed by atoms with E-state index in [1.165, 1.54) is 18.4 Å². The Morgan fingerprint density at radius 1 is 1.22 bits per heavy atom. The van der Waals surface area contributed by atoms with Crippen molar-refractivity contribution in [2.45, 2.75) is 57.0 Å². The van der Waals surface area contributed by atoms with Gasteiger partial charge in [-0.05, 0) is 30.2 Å². The first-order valence-electron chi connectivity index (χ1n) is 8.88. The number of carbonyl (C=O) groups excluding carboxylic acids is 1. The molecule has 4 unspecified atom stereocenters. The molecule has 4 rings (SSSR count). The molecular weight excluding hydrogens is 286 g/mol. The normalized spacial score (nSPS) is 37.4. The molecule has 3 N–H and O–H groups in total. The minimum absolute atomic E-state index is 0.0721. The maximum absolute atomic E-state index is 12.7. The number of amides is 1. The Morgan fingerprint density at radius 2 is 1.96 bits per heavy atom. The van der Waals surface area contributed by atoms with E-state index in [2.05, 4.69) is 60.3 Å². The third-order valence-corrected chi connectivity index (χ3v) is 6.51. The highest BCUT2D eigenvalue weighted by Crippen LogP contribution is 2.63. The van der Waals surface area contributed by atoms with Crippen molar-refractivity contribution in [2.75, 3.05) is 6.54 Å². The average molecular weight is 313 g/mol. The zero-order valence-electron chi connectivity index (χ0n) is 14.1. The van der Waals surface area contributed by atoms with Crippen LogP contribution < -0.4 is 16.2 Å². The molecule has 0 bridgehead atoms. The fourth-order valence-electron chi connectivity index (χ4n) is 4.84. The van der Waals surface area contributed by atoms with E-state index in [9.17, 15) is 4.79 Å². The van der Waals surface area contributed by atoms with E-state index in [-0.39, 0.29) is 22.8 Å². The highest BCUT2D eigenvalue weighted by molar-refractivity contribution is 5.82. The Hall–Kier alpha value is -1.39. The number of hydrogen-bond acceptors (Lipinski definition) is 3. The van der Waals surface area contributed by atoms with Crippen LogP contribution in [0, 0.1) is 11.3 Å². The minimum atomic E-state index is -0.0721. The van der Waals surface area contributed by atoms with Crippen molar-refractivity contribution in [2.24, 2.45) is 11.3 Å². The van der Waals surface area contributed by atoms with Gasteiger partial charge in [0.2, 0.25) is 5.91 Å². The van der Waals surface area contributed by atoms with E-state index < -0.39 is 0 Å². The quantitative estimate of drug-likeness (QED) is 0.798. The maximum atomic E-state index is 12.7. The maximum Gasteiger partial charge on any atom is 0.238 e. The molecule has 4 atom stereocenters. The highest BCUT2D eigenvalue weighted by Gasteiger charge is 2.61. The van der Waals surface area contributed by atoms with Crippen LogP contribution >= 0.6 is 0 Å². The number of benzene rings is 1. The van der Waals surface area contributed by atoms with E-state index >= 15 is 0 Å². The van der Waals surface area contributed by atoms with E-state index in [0.717, 1.165) is 19.4 Å². The largest absolute Gasteiger partial charge is 0.354 e. The van der Waals surface area contributed by atoms with Crippen LogP contribution in [0.2, 0.25) is 0 Å². The predicted molar refractivity (Wildman–Crippen MR) is 90.7 cm³/mol. The summed E-state index contributed by atoms with van der Waals surface area (Å²) in [4.78, 5) is 12.7. The van der Waals surface area contributed by atoms with Gasteiger partial charge in [0.1, 0.15) is 6.04 Å². The SMILES string of the molecule is CC1(C)CC1(CNC(=O)C1NNC2CCCC21)c1ccccc1. The summed E-state index contributed by atoms with van der Waals surface area (Å²) < 4.78 is 0. The molecule has 1 saturated heterocycles. The Morgan fingerprint density at radius 3 is 2.65 bits per heavy atom. The fraction of sp³-hybridized carbons (Fsp3) is 0.632. The summed E-state index contributed by atoms with van der Waals surface area (Å²) in [7, 11) is 0. The van der Waals surface area contributed by atoms with E-state index in [4.69, 9.17) is 0 Å². The molecule has 1 aromatic carbocycles. The average Bonchev–Trinajstić information content (AvgIpc) is 2.91. The van der Waals surface area contributed by atoms with Gasteiger partial charge in [-0.2, -0.15) is 0 Å². The van der Waals surface area contributed by atoms with Crippen LogP contribution in [0.1, 0.15) is 45.1 Å². The lowest BCUT2D eigenvalue weighted by molar-refractivity contribution is -0.123. The van der Waals surface area contributed by atoms with Gasteiger partial charge in [-0.15, -0.1) is 0 Å². The second kappa shape index (κ2) is 5.32. The van der Waals surface area contributed by atoms with Crippen molar-refractivity contribution in [1.82, 2.24) is 16.2 Å². The Balaban J connectivity index is 1.44. The van der Waals surface area contributed by atoms with E-state index in [1.54, 1.807) is 0 Å². The molecule has 0 spiro atoms. The lowest BCUT2D eigenvalue weighted by Crippen LogP contribution is -2.48. The van der Waals surface area contributed by atoms with Crippen LogP contribution in [0.15, 0.2) is 30.3 Å². The molecule has 1 amide bonds. The number of rotatable bonds is 4. The van der Waals surface area contributed by atoms with Gasteiger partial charge in [-0.25, -0.2) is 5.43 Å². The second-order valence-electron chi connectivity index (χ2n) is 8.19. The van der Waals surface area contributed by atoms with Gasteiger partial charge < -0.3 is 5.32 Å². The van der Waals surface area contributed by atoms with Crippen molar-refractivity contribution in [3.05, 3.63) is 35.9 Å². The topological polar surface area (TPSA) is 53.2 Å². The first kappa shape index (κ1) is 15.2. The van der Waals surface area contributed by atoms with Gasteiger partial charge in [0.15, 0.2) is 0 Å². The summed E-state index contributed by atoms with van der Waals surface area (Å²) in [5, 5.41) is 3.25. The molecule has 4 heteroatoms. The van der Waals surface area contributed by atoms with Crippen molar-refractivity contribution in [3.8, 4) is 0 Å². The van der Waals surface area contributed by atoms with E-state index in [1.807, 2.05) is 0 Å². The van der Waals surface area contributed by atoms with Crippen molar-refractivity contribution in [3.63, 3.8) is 0 Å². The van der Waals surface area contributed by atoms with E-state index in [0.29, 0.717) is 12.0 Å². The highest BCUT2D eigenvalue weighted by atomic mass is 16.2. The lowest BCUT2D eigenvalue weighted by Gasteiger charge is -2.24. The number of hydrogen-bond donors (Lipinski definition) is 3. The van der Waals surface area contributed by atoms with Crippen LogP contribution in [0.5, 0.6) is 0 Å². The molecular formula is C19H27N3O. The number of carbonyl (C=O) groups is 1. The zero-order chi connectivity index (χ0) is 16.1. The Bertz CT molecular complexity index is 600. The molecule has 23 heavy (non-hydrogen) atoms. The minimum Gasteiger partial charge on any atom is -0.354 e.